The van der Waals surface area contributed by atoms with E-state index < -0.39 is 0 Å². The Hall–Kier alpha value is -1.27. The first-order valence-electron chi connectivity index (χ1n) is 6.49. The molecule has 0 atom stereocenters. The lowest BCUT2D eigenvalue weighted by Crippen LogP contribution is -2.38. The van der Waals surface area contributed by atoms with Crippen LogP contribution in [0.2, 0.25) is 0 Å². The smallest absolute Gasteiger partial charge is 0.253 e. The summed E-state index contributed by atoms with van der Waals surface area (Å²) in [6.45, 7) is 0. The predicted octanol–water partition coefficient (Wildman–Crippen LogP) is 1.77. The topological polar surface area (TPSA) is 80.0 Å². The summed E-state index contributed by atoms with van der Waals surface area (Å²) in [6.07, 6.45) is 8.18. The Balaban J connectivity index is 1.87. The minimum absolute atomic E-state index is 0.0522. The number of pyridine rings is 1. The van der Waals surface area contributed by atoms with Crippen molar-refractivity contribution in [3.63, 3.8) is 0 Å². The van der Waals surface area contributed by atoms with E-state index in [1.165, 1.54) is 19.0 Å². The minimum Gasteiger partial charge on any atom is -0.349 e. The van der Waals surface area contributed by atoms with Gasteiger partial charge in [0, 0.05) is 17.5 Å². The Labute approximate surface area is 117 Å². The number of nitrogens with zero attached hydrogens (tertiary/aromatic N) is 1. The van der Waals surface area contributed by atoms with Crippen LogP contribution in [0.4, 0.5) is 5.82 Å². The summed E-state index contributed by atoms with van der Waals surface area (Å²) >= 11 is 1.93. The molecule has 0 unspecified atom stereocenters. The Morgan fingerprint density at radius 3 is 2.63 bits per heavy atom. The Morgan fingerprint density at radius 1 is 1.37 bits per heavy atom. The molecule has 1 aromatic rings. The van der Waals surface area contributed by atoms with Crippen molar-refractivity contribution in [1.29, 1.82) is 0 Å². The summed E-state index contributed by atoms with van der Waals surface area (Å²) in [7, 11) is 0. The third kappa shape index (κ3) is 3.84. The predicted molar refractivity (Wildman–Crippen MR) is 79.1 cm³/mol. The van der Waals surface area contributed by atoms with Crippen LogP contribution >= 0.6 is 11.8 Å². The molecule has 1 aliphatic carbocycles. The van der Waals surface area contributed by atoms with Crippen LogP contribution in [0.15, 0.2) is 18.3 Å². The molecule has 0 aromatic carbocycles. The van der Waals surface area contributed by atoms with Crippen molar-refractivity contribution in [3.8, 4) is 0 Å². The third-order valence-corrected chi connectivity index (χ3v) is 4.65. The van der Waals surface area contributed by atoms with Crippen LogP contribution in [-0.4, -0.2) is 28.4 Å². The van der Waals surface area contributed by atoms with E-state index in [4.69, 9.17) is 5.84 Å². The number of nitrogens with one attached hydrogen (secondary N) is 2. The van der Waals surface area contributed by atoms with Gasteiger partial charge in [0.1, 0.15) is 5.82 Å². The molecule has 2 rings (SSSR count). The summed E-state index contributed by atoms with van der Waals surface area (Å²) in [5.74, 6) is 5.74. The van der Waals surface area contributed by atoms with E-state index in [2.05, 4.69) is 22.0 Å². The van der Waals surface area contributed by atoms with Crippen LogP contribution in [0.1, 0.15) is 36.0 Å². The highest BCUT2D eigenvalue weighted by atomic mass is 32.2. The van der Waals surface area contributed by atoms with Crippen LogP contribution in [0, 0.1) is 0 Å². The van der Waals surface area contributed by atoms with Gasteiger partial charge in [-0.05, 0) is 44.1 Å². The molecule has 19 heavy (non-hydrogen) atoms. The van der Waals surface area contributed by atoms with Gasteiger partial charge in [-0.15, -0.1) is 0 Å². The lowest BCUT2D eigenvalue weighted by Gasteiger charge is -2.28. The van der Waals surface area contributed by atoms with Gasteiger partial charge in [-0.3, -0.25) is 4.79 Å². The van der Waals surface area contributed by atoms with Crippen molar-refractivity contribution < 1.29 is 4.79 Å². The van der Waals surface area contributed by atoms with Crippen LogP contribution in [-0.2, 0) is 0 Å². The molecule has 1 aliphatic rings. The quantitative estimate of drug-likeness (QED) is 0.578. The molecule has 5 nitrogen and oxygen atoms in total. The number of hydrogen-bond donors (Lipinski definition) is 3. The second-order valence-electron chi connectivity index (χ2n) is 4.76. The Kier molecular flexibility index (Phi) is 5.04. The molecule has 104 valence electrons. The number of amides is 1. The van der Waals surface area contributed by atoms with Gasteiger partial charge in [0.2, 0.25) is 0 Å². The first kappa shape index (κ1) is 14.1. The van der Waals surface area contributed by atoms with Crippen molar-refractivity contribution in [2.75, 3.05) is 11.7 Å². The van der Waals surface area contributed by atoms with Gasteiger partial charge in [-0.2, -0.15) is 11.8 Å². The molecule has 1 amide bonds. The highest BCUT2D eigenvalue weighted by Gasteiger charge is 2.22. The number of thioether (sulfide) groups is 1. The zero-order valence-corrected chi connectivity index (χ0v) is 11.9. The number of hydrazine groups is 1. The monoisotopic (exact) mass is 280 g/mol. The van der Waals surface area contributed by atoms with Crippen molar-refractivity contribution >= 4 is 23.5 Å². The van der Waals surface area contributed by atoms with Crippen molar-refractivity contribution in [1.82, 2.24) is 10.3 Å². The number of anilines is 1. The lowest BCUT2D eigenvalue weighted by atomic mass is 9.95. The van der Waals surface area contributed by atoms with Gasteiger partial charge in [0.25, 0.3) is 5.91 Å². The van der Waals surface area contributed by atoms with E-state index in [0.29, 0.717) is 17.4 Å². The van der Waals surface area contributed by atoms with E-state index in [1.807, 2.05) is 11.8 Å². The minimum atomic E-state index is -0.0522. The molecule has 1 heterocycles. The van der Waals surface area contributed by atoms with Gasteiger partial charge in [0.15, 0.2) is 0 Å². The van der Waals surface area contributed by atoms with Crippen LogP contribution in [0.3, 0.4) is 0 Å². The second-order valence-corrected chi connectivity index (χ2v) is 5.90. The zero-order valence-electron chi connectivity index (χ0n) is 11.1. The van der Waals surface area contributed by atoms with E-state index in [-0.39, 0.29) is 5.91 Å². The van der Waals surface area contributed by atoms with Gasteiger partial charge in [0.05, 0.1) is 5.56 Å². The first-order valence-corrected chi connectivity index (χ1v) is 7.78. The van der Waals surface area contributed by atoms with Crippen LogP contribution < -0.4 is 16.6 Å². The Morgan fingerprint density at radius 2 is 2.11 bits per heavy atom. The molecule has 1 aromatic heterocycles. The maximum atomic E-state index is 12.1. The molecular formula is C13H20N4OS. The molecule has 0 aliphatic heterocycles. The summed E-state index contributed by atoms with van der Waals surface area (Å²) < 4.78 is 0. The number of rotatable bonds is 4. The van der Waals surface area contributed by atoms with E-state index in [1.54, 1.807) is 12.1 Å². The van der Waals surface area contributed by atoms with E-state index in [0.717, 1.165) is 18.1 Å². The molecular weight excluding hydrogens is 260 g/mol. The largest absolute Gasteiger partial charge is 0.349 e. The zero-order chi connectivity index (χ0) is 13.7. The van der Waals surface area contributed by atoms with Gasteiger partial charge >= 0.3 is 0 Å². The van der Waals surface area contributed by atoms with Gasteiger partial charge in [-0.25, -0.2) is 10.8 Å². The van der Waals surface area contributed by atoms with Gasteiger partial charge in [-0.1, -0.05) is 0 Å². The summed E-state index contributed by atoms with van der Waals surface area (Å²) in [6, 6.07) is 3.72. The third-order valence-electron chi connectivity index (χ3n) is 3.52. The fourth-order valence-electron chi connectivity index (χ4n) is 2.33. The molecule has 1 saturated carbocycles. The lowest BCUT2D eigenvalue weighted by molar-refractivity contribution is 0.0928. The molecule has 0 bridgehead atoms. The molecule has 0 spiro atoms. The molecule has 1 fully saturated rings. The average molecular weight is 280 g/mol. The highest BCUT2D eigenvalue weighted by Crippen LogP contribution is 2.26. The molecule has 4 N–H and O–H groups in total. The first-order chi connectivity index (χ1) is 9.22. The fraction of sp³-hybridized carbons (Fsp3) is 0.538. The van der Waals surface area contributed by atoms with Crippen LogP contribution in [0.5, 0.6) is 0 Å². The summed E-state index contributed by atoms with van der Waals surface area (Å²) in [5, 5.41) is 3.83. The number of hydrogen-bond acceptors (Lipinski definition) is 5. The number of nitrogen functional groups attached to an aromatic ring is 1. The maximum absolute atomic E-state index is 12.1. The van der Waals surface area contributed by atoms with Gasteiger partial charge < -0.3 is 10.7 Å². The SMILES string of the molecule is CSC1CCC(NC(=O)c2ccc(NN)nc2)CC1. The summed E-state index contributed by atoms with van der Waals surface area (Å²) in [5.41, 5.74) is 3.02. The van der Waals surface area contributed by atoms with Crippen LogP contribution in [0.25, 0.3) is 0 Å². The highest BCUT2D eigenvalue weighted by molar-refractivity contribution is 7.99. The maximum Gasteiger partial charge on any atom is 0.253 e. The normalized spacial score (nSPS) is 22.8. The molecule has 6 heteroatoms. The summed E-state index contributed by atoms with van der Waals surface area (Å²) in [4.78, 5) is 16.1. The molecule has 0 radical (unpaired) electrons. The number of aromatic nitrogens is 1. The second kappa shape index (κ2) is 6.77. The average Bonchev–Trinajstić information content (AvgIpc) is 2.48. The number of nitrogens with two attached hydrogens (primary N) is 1. The number of carbonyl (C=O) groups is 1. The molecule has 0 saturated heterocycles. The standard InChI is InChI=1S/C13H20N4OS/c1-19-11-5-3-10(4-6-11)16-13(18)9-2-7-12(17-14)15-8-9/h2,7-8,10-11H,3-6,14H2,1H3,(H,15,17)(H,16,18). The van der Waals surface area contributed by atoms with E-state index in [9.17, 15) is 4.79 Å². The number of carbonyl (C=O) groups excluding carboxylic acids is 1. The Bertz CT molecular complexity index is 415. The van der Waals surface area contributed by atoms with Crippen molar-refractivity contribution in [2.45, 2.75) is 37.0 Å². The fourth-order valence-corrected chi connectivity index (χ4v) is 3.07. The van der Waals surface area contributed by atoms with Crippen molar-refractivity contribution in [2.24, 2.45) is 5.84 Å². The van der Waals surface area contributed by atoms with E-state index >= 15 is 0 Å². The van der Waals surface area contributed by atoms with Crippen molar-refractivity contribution in [3.05, 3.63) is 23.9 Å².